The van der Waals surface area contributed by atoms with Crippen molar-refractivity contribution in [2.24, 2.45) is 0 Å². The van der Waals surface area contributed by atoms with Crippen molar-refractivity contribution in [3.05, 3.63) is 34.6 Å². The average molecular weight is 191 g/mol. The van der Waals surface area contributed by atoms with E-state index in [2.05, 4.69) is 0 Å². The van der Waals surface area contributed by atoms with Crippen molar-refractivity contribution in [3.8, 4) is 6.07 Å². The van der Waals surface area contributed by atoms with Crippen molar-refractivity contribution in [2.75, 3.05) is 0 Å². The van der Waals surface area contributed by atoms with Crippen LogP contribution in [-0.4, -0.2) is 0 Å². The first kappa shape index (κ1) is 10.7. The zero-order valence-corrected chi connectivity index (χ0v) is 8.98. The highest BCUT2D eigenvalue weighted by atomic mass is 19.1. The van der Waals surface area contributed by atoms with Crippen LogP contribution in [-0.2, 0) is 5.41 Å². The van der Waals surface area contributed by atoms with Crippen molar-refractivity contribution in [1.82, 2.24) is 0 Å². The monoisotopic (exact) mass is 191 g/mol. The lowest BCUT2D eigenvalue weighted by atomic mass is 9.85. The number of halogens is 1. The molecule has 0 aromatic heterocycles. The van der Waals surface area contributed by atoms with E-state index in [4.69, 9.17) is 5.26 Å². The molecule has 0 atom stereocenters. The van der Waals surface area contributed by atoms with Gasteiger partial charge < -0.3 is 0 Å². The molecule has 0 amide bonds. The van der Waals surface area contributed by atoms with Gasteiger partial charge in [-0.25, -0.2) is 4.39 Å². The lowest BCUT2D eigenvalue weighted by Gasteiger charge is -2.19. The minimum atomic E-state index is -0.297. The Labute approximate surface area is 84.2 Å². The van der Waals surface area contributed by atoms with Crippen LogP contribution in [0.3, 0.4) is 0 Å². The summed E-state index contributed by atoms with van der Waals surface area (Å²) in [6.45, 7) is 7.62. The molecule has 0 saturated heterocycles. The van der Waals surface area contributed by atoms with Crippen LogP contribution < -0.4 is 0 Å². The number of hydrogen-bond donors (Lipinski definition) is 0. The van der Waals surface area contributed by atoms with E-state index in [1.165, 1.54) is 6.07 Å². The standard InChI is InChI=1S/C12H14FN/c1-8-9(7-14)5-10(6-11(8)13)12(2,3)4/h5-6H,1-4H3. The Morgan fingerprint density at radius 3 is 2.29 bits per heavy atom. The Bertz CT molecular complexity index is 394. The van der Waals surface area contributed by atoms with Crippen molar-refractivity contribution < 1.29 is 4.39 Å². The molecule has 0 aliphatic heterocycles. The Hall–Kier alpha value is -1.36. The van der Waals surface area contributed by atoms with Crippen LogP contribution >= 0.6 is 0 Å². The summed E-state index contributed by atoms with van der Waals surface area (Å²) in [5.41, 5.74) is 1.59. The second-order valence-electron chi connectivity index (χ2n) is 4.49. The van der Waals surface area contributed by atoms with E-state index in [0.717, 1.165) is 5.56 Å². The summed E-state index contributed by atoms with van der Waals surface area (Å²) < 4.78 is 13.4. The number of rotatable bonds is 0. The van der Waals surface area contributed by atoms with E-state index in [1.807, 2.05) is 26.8 Å². The quantitative estimate of drug-likeness (QED) is 0.617. The SMILES string of the molecule is Cc1c(F)cc(C(C)(C)C)cc1C#N. The highest BCUT2D eigenvalue weighted by molar-refractivity contribution is 5.42. The molecular weight excluding hydrogens is 177 g/mol. The Balaban J connectivity index is 3.40. The summed E-state index contributed by atoms with van der Waals surface area (Å²) in [6, 6.07) is 5.28. The molecule has 14 heavy (non-hydrogen) atoms. The lowest BCUT2D eigenvalue weighted by molar-refractivity contribution is 0.568. The summed E-state index contributed by atoms with van der Waals surface area (Å²) in [5, 5.41) is 8.82. The van der Waals surface area contributed by atoms with Gasteiger partial charge in [-0.1, -0.05) is 20.8 Å². The minimum absolute atomic E-state index is 0.125. The minimum Gasteiger partial charge on any atom is -0.207 e. The fourth-order valence-corrected chi connectivity index (χ4v) is 1.23. The summed E-state index contributed by atoms with van der Waals surface area (Å²) in [5.74, 6) is -0.297. The van der Waals surface area contributed by atoms with E-state index in [0.29, 0.717) is 11.1 Å². The van der Waals surface area contributed by atoms with Crippen molar-refractivity contribution >= 4 is 0 Å². The van der Waals surface area contributed by atoms with Gasteiger partial charge in [0.05, 0.1) is 11.6 Å². The third-order valence-corrected chi connectivity index (χ3v) is 2.33. The Kier molecular flexibility index (Phi) is 2.62. The van der Waals surface area contributed by atoms with Gasteiger partial charge in [-0.2, -0.15) is 5.26 Å². The maximum Gasteiger partial charge on any atom is 0.127 e. The maximum absolute atomic E-state index is 13.4. The first-order valence-electron chi connectivity index (χ1n) is 4.57. The van der Waals surface area contributed by atoms with Crippen molar-refractivity contribution in [3.63, 3.8) is 0 Å². The zero-order valence-electron chi connectivity index (χ0n) is 8.98. The van der Waals surface area contributed by atoms with Crippen molar-refractivity contribution in [2.45, 2.75) is 33.1 Å². The summed E-state index contributed by atoms with van der Waals surface area (Å²) in [6.07, 6.45) is 0. The molecule has 0 spiro atoms. The van der Waals surface area contributed by atoms with Gasteiger partial charge in [0, 0.05) is 5.56 Å². The Morgan fingerprint density at radius 2 is 1.86 bits per heavy atom. The second-order valence-corrected chi connectivity index (χ2v) is 4.49. The van der Waals surface area contributed by atoms with Gasteiger partial charge in [-0.3, -0.25) is 0 Å². The molecule has 0 aliphatic carbocycles. The number of benzene rings is 1. The molecule has 1 aromatic rings. The van der Waals surface area contributed by atoms with Crippen LogP contribution in [0.25, 0.3) is 0 Å². The summed E-state index contributed by atoms with van der Waals surface area (Å²) in [4.78, 5) is 0. The van der Waals surface area contributed by atoms with Crippen LogP contribution in [0.5, 0.6) is 0 Å². The molecule has 0 saturated carbocycles. The molecule has 0 unspecified atom stereocenters. The van der Waals surface area contributed by atoms with Gasteiger partial charge in [0.2, 0.25) is 0 Å². The van der Waals surface area contributed by atoms with E-state index in [1.54, 1.807) is 13.0 Å². The summed E-state index contributed by atoms with van der Waals surface area (Å²) in [7, 11) is 0. The van der Waals surface area contributed by atoms with Crippen LogP contribution in [0.15, 0.2) is 12.1 Å². The molecule has 1 rings (SSSR count). The average Bonchev–Trinajstić information content (AvgIpc) is 2.07. The van der Waals surface area contributed by atoms with Gasteiger partial charge in [0.1, 0.15) is 5.82 Å². The molecule has 0 N–H and O–H groups in total. The molecule has 0 heterocycles. The predicted molar refractivity (Wildman–Crippen MR) is 54.6 cm³/mol. The zero-order chi connectivity index (χ0) is 10.9. The van der Waals surface area contributed by atoms with Gasteiger partial charge in [-0.05, 0) is 30.0 Å². The van der Waals surface area contributed by atoms with E-state index < -0.39 is 0 Å². The highest BCUT2D eigenvalue weighted by Gasteiger charge is 2.17. The normalized spacial score (nSPS) is 11.1. The van der Waals surface area contributed by atoms with Crippen LogP contribution in [0.2, 0.25) is 0 Å². The van der Waals surface area contributed by atoms with Crippen LogP contribution in [0, 0.1) is 24.1 Å². The molecule has 0 fully saturated rings. The lowest BCUT2D eigenvalue weighted by Crippen LogP contribution is -2.12. The topological polar surface area (TPSA) is 23.8 Å². The number of nitriles is 1. The van der Waals surface area contributed by atoms with Gasteiger partial charge in [-0.15, -0.1) is 0 Å². The van der Waals surface area contributed by atoms with Crippen LogP contribution in [0.1, 0.15) is 37.5 Å². The fraction of sp³-hybridized carbons (Fsp3) is 0.417. The van der Waals surface area contributed by atoms with Gasteiger partial charge in [0.25, 0.3) is 0 Å². The largest absolute Gasteiger partial charge is 0.207 e. The van der Waals surface area contributed by atoms with Crippen LogP contribution in [0.4, 0.5) is 4.39 Å². The third kappa shape index (κ3) is 1.93. The molecule has 0 bridgehead atoms. The van der Waals surface area contributed by atoms with Crippen molar-refractivity contribution in [1.29, 1.82) is 5.26 Å². The van der Waals surface area contributed by atoms with Gasteiger partial charge >= 0.3 is 0 Å². The van der Waals surface area contributed by atoms with E-state index in [-0.39, 0.29) is 11.2 Å². The number of nitrogens with zero attached hydrogens (tertiary/aromatic N) is 1. The molecule has 0 radical (unpaired) electrons. The molecule has 0 aliphatic rings. The van der Waals surface area contributed by atoms with E-state index >= 15 is 0 Å². The molecular formula is C12H14FN. The predicted octanol–water partition coefficient (Wildman–Crippen LogP) is 3.30. The first-order valence-corrected chi connectivity index (χ1v) is 4.57. The smallest absolute Gasteiger partial charge is 0.127 e. The third-order valence-electron chi connectivity index (χ3n) is 2.33. The second kappa shape index (κ2) is 3.42. The first-order chi connectivity index (χ1) is 6.36. The Morgan fingerprint density at radius 1 is 1.29 bits per heavy atom. The molecule has 1 nitrogen and oxygen atoms in total. The fourth-order valence-electron chi connectivity index (χ4n) is 1.23. The molecule has 74 valence electrons. The number of hydrogen-bond acceptors (Lipinski definition) is 1. The molecule has 1 aromatic carbocycles. The van der Waals surface area contributed by atoms with Gasteiger partial charge in [0.15, 0.2) is 0 Å². The maximum atomic E-state index is 13.4. The summed E-state index contributed by atoms with van der Waals surface area (Å²) >= 11 is 0. The highest BCUT2D eigenvalue weighted by Crippen LogP contribution is 2.25. The molecule has 2 heteroatoms. The van der Waals surface area contributed by atoms with E-state index in [9.17, 15) is 4.39 Å².